The number of carbonyl (C=O) groups is 3. The Morgan fingerprint density at radius 1 is 0.971 bits per heavy atom. The number of benzene rings is 1. The molecule has 34 heavy (non-hydrogen) atoms. The number of ether oxygens (including phenoxy) is 1. The molecule has 192 valence electrons. The van der Waals surface area contributed by atoms with Crippen LogP contribution in [0.15, 0.2) is 18.2 Å². The molecule has 0 heterocycles. The second kappa shape index (κ2) is 12.2. The standard InChI is InChI=1S/C27H45N3O4/c1-12-18(6)22(29-26(33)34-27(9,10)11)25(32)30(17(4)5)23(24(31)28-16(2)3)21-19(7)14-13-15-20(21)8/h13-18,22-23H,12H2,1-11H3,(H,28,31)(H,29,33). The zero-order valence-electron chi connectivity index (χ0n) is 22.9. The Balaban J connectivity index is 3.59. The van der Waals surface area contributed by atoms with E-state index < -0.39 is 23.8 Å². The molecule has 0 bridgehead atoms. The van der Waals surface area contributed by atoms with Gasteiger partial charge in [0.05, 0.1) is 0 Å². The SMILES string of the molecule is CCC(C)C(NC(=O)OC(C)(C)C)C(=O)N(C(C)C)C(C(=O)NC(C)C)c1c(C)cccc1C. The van der Waals surface area contributed by atoms with Crippen molar-refractivity contribution in [3.63, 3.8) is 0 Å². The maximum absolute atomic E-state index is 14.1. The van der Waals surface area contributed by atoms with E-state index in [0.29, 0.717) is 6.42 Å². The highest BCUT2D eigenvalue weighted by atomic mass is 16.6. The predicted molar refractivity (Wildman–Crippen MR) is 137 cm³/mol. The van der Waals surface area contributed by atoms with E-state index >= 15 is 0 Å². The lowest BCUT2D eigenvalue weighted by molar-refractivity contribution is -0.145. The number of carbonyl (C=O) groups excluding carboxylic acids is 3. The van der Waals surface area contributed by atoms with Crippen LogP contribution in [0, 0.1) is 19.8 Å². The summed E-state index contributed by atoms with van der Waals surface area (Å²) < 4.78 is 5.44. The summed E-state index contributed by atoms with van der Waals surface area (Å²) in [6.45, 7) is 20.7. The maximum Gasteiger partial charge on any atom is 0.408 e. The Labute approximate surface area is 206 Å². The normalized spacial score (nSPS) is 14.4. The van der Waals surface area contributed by atoms with Gasteiger partial charge in [-0.1, -0.05) is 38.5 Å². The van der Waals surface area contributed by atoms with Crippen molar-refractivity contribution in [1.29, 1.82) is 0 Å². The average molecular weight is 476 g/mol. The molecule has 0 radical (unpaired) electrons. The van der Waals surface area contributed by atoms with E-state index in [-0.39, 0.29) is 29.8 Å². The second-order valence-electron chi connectivity index (χ2n) is 10.7. The summed E-state index contributed by atoms with van der Waals surface area (Å²) in [5.41, 5.74) is 1.98. The van der Waals surface area contributed by atoms with E-state index in [4.69, 9.17) is 4.74 Å². The summed E-state index contributed by atoms with van der Waals surface area (Å²) in [7, 11) is 0. The molecule has 7 nitrogen and oxygen atoms in total. The van der Waals surface area contributed by atoms with Gasteiger partial charge < -0.3 is 20.3 Å². The largest absolute Gasteiger partial charge is 0.444 e. The van der Waals surface area contributed by atoms with Crippen molar-refractivity contribution in [3.05, 3.63) is 34.9 Å². The van der Waals surface area contributed by atoms with Crippen LogP contribution in [0.4, 0.5) is 4.79 Å². The van der Waals surface area contributed by atoms with Crippen molar-refractivity contribution < 1.29 is 19.1 Å². The fourth-order valence-corrected chi connectivity index (χ4v) is 3.98. The maximum atomic E-state index is 14.1. The van der Waals surface area contributed by atoms with Gasteiger partial charge in [0.15, 0.2) is 0 Å². The van der Waals surface area contributed by atoms with E-state index in [1.165, 1.54) is 0 Å². The van der Waals surface area contributed by atoms with Crippen LogP contribution in [-0.4, -0.2) is 46.5 Å². The third-order valence-electron chi connectivity index (χ3n) is 5.74. The van der Waals surface area contributed by atoms with Crippen molar-refractivity contribution in [3.8, 4) is 0 Å². The van der Waals surface area contributed by atoms with Gasteiger partial charge in [-0.05, 0) is 84.9 Å². The van der Waals surface area contributed by atoms with E-state index in [0.717, 1.165) is 16.7 Å². The quantitative estimate of drug-likeness (QED) is 0.523. The highest BCUT2D eigenvalue weighted by Crippen LogP contribution is 2.31. The molecule has 7 heteroatoms. The molecule has 0 fully saturated rings. The van der Waals surface area contributed by atoms with Crippen LogP contribution in [0.25, 0.3) is 0 Å². The van der Waals surface area contributed by atoms with Gasteiger partial charge in [-0.3, -0.25) is 9.59 Å². The Kier molecular flexibility index (Phi) is 10.6. The minimum Gasteiger partial charge on any atom is -0.444 e. The number of rotatable bonds is 9. The minimum absolute atomic E-state index is 0.0892. The molecule has 0 aliphatic rings. The first kappa shape index (κ1) is 29.5. The molecule has 0 saturated heterocycles. The van der Waals surface area contributed by atoms with Crippen LogP contribution in [0.5, 0.6) is 0 Å². The number of nitrogens with one attached hydrogen (secondary N) is 2. The van der Waals surface area contributed by atoms with Crippen LogP contribution in [0.1, 0.15) is 91.5 Å². The molecule has 0 aromatic heterocycles. The third-order valence-corrected chi connectivity index (χ3v) is 5.74. The lowest BCUT2D eigenvalue weighted by Crippen LogP contribution is -2.57. The van der Waals surface area contributed by atoms with Crippen LogP contribution in [-0.2, 0) is 14.3 Å². The molecule has 1 aromatic rings. The summed E-state index contributed by atoms with van der Waals surface area (Å²) in [6.07, 6.45) is 0.0230. The third kappa shape index (κ3) is 8.03. The van der Waals surface area contributed by atoms with Crippen molar-refractivity contribution in [2.45, 2.75) is 112 Å². The van der Waals surface area contributed by atoms with E-state index in [1.54, 1.807) is 25.7 Å². The Bertz CT molecular complexity index is 838. The highest BCUT2D eigenvalue weighted by molar-refractivity contribution is 5.93. The van der Waals surface area contributed by atoms with Gasteiger partial charge in [0.25, 0.3) is 0 Å². The Hall–Kier alpha value is -2.57. The number of hydrogen-bond acceptors (Lipinski definition) is 4. The van der Waals surface area contributed by atoms with Crippen LogP contribution in [0.2, 0.25) is 0 Å². The summed E-state index contributed by atoms with van der Waals surface area (Å²) in [6, 6.07) is 3.80. The predicted octanol–water partition coefficient (Wildman–Crippen LogP) is 5.05. The van der Waals surface area contributed by atoms with Crippen molar-refractivity contribution in [1.82, 2.24) is 15.5 Å². The highest BCUT2D eigenvalue weighted by Gasteiger charge is 2.40. The van der Waals surface area contributed by atoms with Gasteiger partial charge in [0.1, 0.15) is 17.7 Å². The molecule has 3 atom stereocenters. The van der Waals surface area contributed by atoms with Gasteiger partial charge in [-0.15, -0.1) is 0 Å². The molecule has 3 unspecified atom stereocenters. The number of nitrogens with zero attached hydrogens (tertiary/aromatic N) is 1. The molecule has 1 aromatic carbocycles. The summed E-state index contributed by atoms with van der Waals surface area (Å²) >= 11 is 0. The Morgan fingerprint density at radius 3 is 1.91 bits per heavy atom. The second-order valence-corrected chi connectivity index (χ2v) is 10.7. The molecule has 0 spiro atoms. The first-order valence-corrected chi connectivity index (χ1v) is 12.3. The van der Waals surface area contributed by atoms with Crippen molar-refractivity contribution >= 4 is 17.9 Å². The molecular formula is C27H45N3O4. The molecule has 0 saturated carbocycles. The van der Waals surface area contributed by atoms with Crippen LogP contribution >= 0.6 is 0 Å². The van der Waals surface area contributed by atoms with Gasteiger partial charge in [-0.2, -0.15) is 0 Å². The van der Waals surface area contributed by atoms with E-state index in [1.807, 2.05) is 73.6 Å². The van der Waals surface area contributed by atoms with E-state index in [9.17, 15) is 14.4 Å². The summed E-state index contributed by atoms with van der Waals surface area (Å²) in [5, 5.41) is 5.79. The number of aryl methyl sites for hydroxylation is 2. The van der Waals surface area contributed by atoms with Gasteiger partial charge in [0, 0.05) is 12.1 Å². The first-order chi connectivity index (χ1) is 15.6. The smallest absolute Gasteiger partial charge is 0.408 e. The van der Waals surface area contributed by atoms with E-state index in [2.05, 4.69) is 10.6 Å². The lowest BCUT2D eigenvalue weighted by atomic mass is 9.91. The monoisotopic (exact) mass is 475 g/mol. The number of amides is 3. The topological polar surface area (TPSA) is 87.7 Å². The summed E-state index contributed by atoms with van der Waals surface area (Å²) in [5.74, 6) is -0.704. The van der Waals surface area contributed by atoms with Crippen molar-refractivity contribution in [2.24, 2.45) is 5.92 Å². The fourth-order valence-electron chi connectivity index (χ4n) is 3.98. The number of hydrogen-bond donors (Lipinski definition) is 2. The Morgan fingerprint density at radius 2 is 1.50 bits per heavy atom. The molecule has 0 aliphatic heterocycles. The van der Waals surface area contributed by atoms with Gasteiger partial charge >= 0.3 is 6.09 Å². The van der Waals surface area contributed by atoms with Gasteiger partial charge in [0.2, 0.25) is 11.8 Å². The molecular weight excluding hydrogens is 430 g/mol. The average Bonchev–Trinajstić information content (AvgIpc) is 2.68. The molecule has 2 N–H and O–H groups in total. The zero-order chi connectivity index (χ0) is 26.4. The fraction of sp³-hybridized carbons (Fsp3) is 0.667. The lowest BCUT2D eigenvalue weighted by Gasteiger charge is -2.39. The first-order valence-electron chi connectivity index (χ1n) is 12.3. The van der Waals surface area contributed by atoms with Crippen LogP contribution < -0.4 is 10.6 Å². The summed E-state index contributed by atoms with van der Waals surface area (Å²) in [4.78, 5) is 41.9. The van der Waals surface area contributed by atoms with Gasteiger partial charge in [-0.25, -0.2) is 4.79 Å². The van der Waals surface area contributed by atoms with Crippen LogP contribution in [0.3, 0.4) is 0 Å². The van der Waals surface area contributed by atoms with Crippen molar-refractivity contribution in [2.75, 3.05) is 0 Å². The molecule has 0 aliphatic carbocycles. The molecule has 1 rings (SSSR count). The minimum atomic E-state index is -0.832. The molecule has 3 amide bonds. The zero-order valence-corrected chi connectivity index (χ0v) is 22.9. The number of alkyl carbamates (subject to hydrolysis) is 1.